The molecule has 0 aliphatic heterocycles. The van der Waals surface area contributed by atoms with Gasteiger partial charge >= 0.3 is 6.18 Å². The molecule has 0 N–H and O–H groups in total. The van der Waals surface area contributed by atoms with Crippen LogP contribution < -0.4 is 0 Å². The second-order valence-electron chi connectivity index (χ2n) is 2.97. The third-order valence-corrected chi connectivity index (χ3v) is 1.87. The van der Waals surface area contributed by atoms with Crippen molar-refractivity contribution in [3.63, 3.8) is 0 Å². The Morgan fingerprint density at radius 1 is 1.29 bits per heavy atom. The predicted octanol–water partition coefficient (Wildman–Crippen LogP) is 3.59. The molecule has 0 bridgehead atoms. The van der Waals surface area contributed by atoms with Crippen molar-refractivity contribution >= 4 is 0 Å². The number of rotatable bonds is 2. The van der Waals surface area contributed by atoms with Gasteiger partial charge in [-0.05, 0) is 18.6 Å². The lowest BCUT2D eigenvalue weighted by Crippen LogP contribution is -2.06. The molecule has 77 valence electrons. The second-order valence-corrected chi connectivity index (χ2v) is 2.97. The average Bonchev–Trinajstić information content (AvgIpc) is 2.15. The van der Waals surface area contributed by atoms with Crippen LogP contribution >= 0.6 is 0 Å². The van der Waals surface area contributed by atoms with Crippen molar-refractivity contribution in [1.29, 1.82) is 0 Å². The minimum absolute atomic E-state index is 0.266. The van der Waals surface area contributed by atoms with Crippen LogP contribution in [0.4, 0.5) is 17.6 Å². The summed E-state index contributed by atoms with van der Waals surface area (Å²) in [6, 6.07) is 4.57. The summed E-state index contributed by atoms with van der Waals surface area (Å²) in [4.78, 5) is 0. The van der Waals surface area contributed by atoms with E-state index in [4.69, 9.17) is 0 Å². The molecule has 0 spiro atoms. The zero-order valence-corrected chi connectivity index (χ0v) is 7.31. The third kappa shape index (κ3) is 2.47. The van der Waals surface area contributed by atoms with Gasteiger partial charge in [0.05, 0.1) is 12.2 Å². The molecule has 14 heavy (non-hydrogen) atoms. The van der Waals surface area contributed by atoms with Crippen LogP contribution in [0.2, 0.25) is 0 Å². The topological polar surface area (TPSA) is 0 Å². The van der Waals surface area contributed by atoms with Crippen LogP contribution in [0.5, 0.6) is 0 Å². The maximum atomic E-state index is 12.2. The molecule has 1 atom stereocenters. The van der Waals surface area contributed by atoms with Crippen molar-refractivity contribution in [1.82, 2.24) is 0 Å². The van der Waals surface area contributed by atoms with Gasteiger partial charge in [0.2, 0.25) is 0 Å². The molecule has 0 saturated heterocycles. The van der Waals surface area contributed by atoms with Crippen LogP contribution in [0, 0.1) is 6.92 Å². The Kier molecular flexibility index (Phi) is 3.13. The van der Waals surface area contributed by atoms with Crippen LogP contribution in [0.1, 0.15) is 17.0 Å². The summed E-state index contributed by atoms with van der Waals surface area (Å²) < 4.78 is 48.8. The number of alkyl halides is 4. The molecule has 1 radical (unpaired) electrons. The summed E-state index contributed by atoms with van der Waals surface area (Å²) in [6.45, 7) is 2.64. The van der Waals surface area contributed by atoms with E-state index < -0.39 is 24.3 Å². The summed E-state index contributed by atoms with van der Waals surface area (Å²) in [5.41, 5.74) is -0.501. The van der Waals surface area contributed by atoms with Gasteiger partial charge in [0.15, 0.2) is 0 Å². The molecule has 4 heteroatoms. The van der Waals surface area contributed by atoms with E-state index in [-0.39, 0.29) is 5.56 Å². The van der Waals surface area contributed by atoms with Gasteiger partial charge in [0, 0.05) is 5.92 Å². The first-order chi connectivity index (χ1) is 6.45. The Bertz CT molecular complexity index is 303. The van der Waals surface area contributed by atoms with E-state index in [1.165, 1.54) is 12.1 Å². The van der Waals surface area contributed by atoms with Gasteiger partial charge in [-0.2, -0.15) is 13.2 Å². The van der Waals surface area contributed by atoms with Crippen LogP contribution in [0.25, 0.3) is 0 Å². The molecule has 1 rings (SSSR count). The van der Waals surface area contributed by atoms with Crippen LogP contribution in [-0.4, -0.2) is 6.67 Å². The Morgan fingerprint density at radius 2 is 1.93 bits per heavy atom. The summed E-state index contributed by atoms with van der Waals surface area (Å²) in [5, 5.41) is 0. The minimum Gasteiger partial charge on any atom is -0.250 e. The van der Waals surface area contributed by atoms with E-state index >= 15 is 0 Å². The molecule has 0 aliphatic carbocycles. The Morgan fingerprint density at radius 3 is 2.43 bits per heavy atom. The standard InChI is InChI=1S/C10H9F4/c1-7(6-11)8-3-2-4-9(5-8)10(12,13)14/h2-5,7H,1,6H2. The molecule has 1 aromatic carbocycles. The summed E-state index contributed by atoms with van der Waals surface area (Å²) in [5.74, 6) is -0.739. The van der Waals surface area contributed by atoms with E-state index in [0.29, 0.717) is 0 Å². The van der Waals surface area contributed by atoms with Gasteiger partial charge < -0.3 is 0 Å². The van der Waals surface area contributed by atoms with Gasteiger partial charge in [-0.3, -0.25) is 4.39 Å². The molecule has 0 heterocycles. The monoisotopic (exact) mass is 205 g/mol. The maximum Gasteiger partial charge on any atom is 0.416 e. The molecule has 1 aromatic rings. The quantitative estimate of drug-likeness (QED) is 0.647. The highest BCUT2D eigenvalue weighted by atomic mass is 19.4. The fraction of sp³-hybridized carbons (Fsp3) is 0.300. The lowest BCUT2D eigenvalue weighted by atomic mass is 10.0. The Balaban J connectivity index is 3.01. The average molecular weight is 205 g/mol. The SMILES string of the molecule is [CH2]C(CF)c1cccc(C(F)(F)F)c1. The molecular formula is C10H9F4. The van der Waals surface area contributed by atoms with Crippen molar-refractivity contribution in [3.8, 4) is 0 Å². The van der Waals surface area contributed by atoms with E-state index in [0.717, 1.165) is 12.1 Å². The highest BCUT2D eigenvalue weighted by molar-refractivity contribution is 5.28. The van der Waals surface area contributed by atoms with Crippen molar-refractivity contribution < 1.29 is 17.6 Å². The third-order valence-electron chi connectivity index (χ3n) is 1.87. The first-order valence-electron chi connectivity index (χ1n) is 4.01. The second kappa shape index (κ2) is 3.98. The molecule has 0 aromatic heterocycles. The van der Waals surface area contributed by atoms with Gasteiger partial charge in [-0.15, -0.1) is 0 Å². The van der Waals surface area contributed by atoms with Crippen LogP contribution in [-0.2, 0) is 6.18 Å². The maximum absolute atomic E-state index is 12.2. The lowest BCUT2D eigenvalue weighted by molar-refractivity contribution is -0.137. The highest BCUT2D eigenvalue weighted by Crippen LogP contribution is 2.30. The number of benzene rings is 1. The fourth-order valence-electron chi connectivity index (χ4n) is 1.06. The van der Waals surface area contributed by atoms with Gasteiger partial charge in [-0.1, -0.05) is 18.2 Å². The van der Waals surface area contributed by atoms with Crippen LogP contribution in [0.15, 0.2) is 24.3 Å². The number of halogens is 4. The molecule has 0 aliphatic rings. The molecular weight excluding hydrogens is 196 g/mol. The summed E-state index contributed by atoms with van der Waals surface area (Å²) in [7, 11) is 0. The van der Waals surface area contributed by atoms with Gasteiger partial charge in [0.25, 0.3) is 0 Å². The fourth-order valence-corrected chi connectivity index (χ4v) is 1.06. The molecule has 1 unspecified atom stereocenters. The lowest BCUT2D eigenvalue weighted by Gasteiger charge is -2.11. The summed E-state index contributed by atoms with van der Waals surface area (Å²) >= 11 is 0. The van der Waals surface area contributed by atoms with Gasteiger partial charge in [0.1, 0.15) is 0 Å². The molecule has 0 saturated carbocycles. The first kappa shape index (κ1) is 11.0. The number of hydrogen-bond donors (Lipinski definition) is 0. The minimum atomic E-state index is -4.38. The van der Waals surface area contributed by atoms with Crippen molar-refractivity contribution in [2.24, 2.45) is 0 Å². The normalized spacial score (nSPS) is 14.1. The Hall–Kier alpha value is -1.06. The van der Waals surface area contributed by atoms with Crippen molar-refractivity contribution in [3.05, 3.63) is 42.3 Å². The van der Waals surface area contributed by atoms with E-state index in [1.807, 2.05) is 0 Å². The van der Waals surface area contributed by atoms with E-state index in [9.17, 15) is 17.6 Å². The van der Waals surface area contributed by atoms with Crippen molar-refractivity contribution in [2.75, 3.05) is 6.67 Å². The zero-order chi connectivity index (χ0) is 10.8. The molecule has 0 fully saturated rings. The summed E-state index contributed by atoms with van der Waals surface area (Å²) in [6.07, 6.45) is -4.38. The van der Waals surface area contributed by atoms with Crippen LogP contribution in [0.3, 0.4) is 0 Å². The molecule has 0 nitrogen and oxygen atoms in total. The highest BCUT2D eigenvalue weighted by Gasteiger charge is 2.30. The smallest absolute Gasteiger partial charge is 0.250 e. The predicted molar refractivity (Wildman–Crippen MR) is 45.5 cm³/mol. The first-order valence-corrected chi connectivity index (χ1v) is 4.01. The van der Waals surface area contributed by atoms with E-state index in [2.05, 4.69) is 6.92 Å². The Labute approximate surface area is 79.6 Å². The van der Waals surface area contributed by atoms with Gasteiger partial charge in [-0.25, -0.2) is 0 Å². The largest absolute Gasteiger partial charge is 0.416 e. The van der Waals surface area contributed by atoms with Crippen molar-refractivity contribution in [2.45, 2.75) is 12.1 Å². The zero-order valence-electron chi connectivity index (χ0n) is 7.31. The van der Waals surface area contributed by atoms with E-state index in [1.54, 1.807) is 0 Å². The molecule has 0 amide bonds. The number of hydrogen-bond acceptors (Lipinski definition) is 0.